The second-order valence-corrected chi connectivity index (χ2v) is 6.88. The van der Waals surface area contributed by atoms with E-state index in [1.807, 2.05) is 62.7 Å². The highest BCUT2D eigenvalue weighted by Gasteiger charge is 2.19. The zero-order chi connectivity index (χ0) is 17.8. The van der Waals surface area contributed by atoms with Crippen LogP contribution >= 0.6 is 11.3 Å². The molecule has 2 atom stereocenters. The topological polar surface area (TPSA) is 63.1 Å². The van der Waals surface area contributed by atoms with Crippen LogP contribution in [0, 0.1) is 0 Å². The van der Waals surface area contributed by atoms with E-state index in [4.69, 9.17) is 0 Å². The standard InChI is InChI=1S/C18H21N5OS/c1-13(17-5-4-10-25-17)21-18(24)22(3)14(2)15-6-8-16(9-7-15)23-12-19-11-20-23/h4-14H,1-3H3,(H,21,24)/t13-,14-/m0/s1. The van der Waals surface area contributed by atoms with E-state index in [0.717, 1.165) is 16.1 Å². The minimum Gasteiger partial charge on any atom is -0.331 e. The van der Waals surface area contributed by atoms with Gasteiger partial charge in [0.15, 0.2) is 0 Å². The van der Waals surface area contributed by atoms with Gasteiger partial charge in [0.05, 0.1) is 17.8 Å². The summed E-state index contributed by atoms with van der Waals surface area (Å²) in [5.74, 6) is 0. The molecule has 0 bridgehead atoms. The average molecular weight is 355 g/mol. The Morgan fingerprint density at radius 3 is 2.60 bits per heavy atom. The Hall–Kier alpha value is -2.67. The summed E-state index contributed by atoms with van der Waals surface area (Å²) in [4.78, 5) is 19.3. The van der Waals surface area contributed by atoms with Gasteiger partial charge >= 0.3 is 6.03 Å². The molecule has 2 heterocycles. The van der Waals surface area contributed by atoms with E-state index in [0.29, 0.717) is 0 Å². The molecule has 1 N–H and O–H groups in total. The van der Waals surface area contributed by atoms with Gasteiger partial charge in [-0.1, -0.05) is 18.2 Å². The molecule has 0 aliphatic carbocycles. The van der Waals surface area contributed by atoms with Gasteiger partial charge in [0.2, 0.25) is 0 Å². The first-order valence-corrected chi connectivity index (χ1v) is 8.96. The summed E-state index contributed by atoms with van der Waals surface area (Å²) in [6.07, 6.45) is 3.16. The van der Waals surface area contributed by atoms with Gasteiger partial charge in [-0.15, -0.1) is 11.3 Å². The number of amides is 2. The van der Waals surface area contributed by atoms with E-state index in [-0.39, 0.29) is 18.1 Å². The van der Waals surface area contributed by atoms with Crippen LogP contribution in [-0.2, 0) is 0 Å². The second-order valence-electron chi connectivity index (χ2n) is 5.91. The van der Waals surface area contributed by atoms with Crippen molar-refractivity contribution in [2.75, 3.05) is 7.05 Å². The molecule has 2 aromatic heterocycles. The van der Waals surface area contributed by atoms with Crippen LogP contribution in [0.15, 0.2) is 54.4 Å². The first kappa shape index (κ1) is 17.2. The lowest BCUT2D eigenvalue weighted by Crippen LogP contribution is -2.39. The predicted octanol–water partition coefficient (Wildman–Crippen LogP) is 3.79. The van der Waals surface area contributed by atoms with E-state index >= 15 is 0 Å². The van der Waals surface area contributed by atoms with Crippen LogP contribution in [0.1, 0.15) is 36.4 Å². The smallest absolute Gasteiger partial charge is 0.318 e. The van der Waals surface area contributed by atoms with Crippen LogP contribution in [0.3, 0.4) is 0 Å². The van der Waals surface area contributed by atoms with E-state index in [1.54, 1.807) is 27.2 Å². The van der Waals surface area contributed by atoms with Crippen LogP contribution in [0.25, 0.3) is 5.69 Å². The number of rotatable bonds is 5. The first-order valence-electron chi connectivity index (χ1n) is 8.08. The fourth-order valence-corrected chi connectivity index (χ4v) is 3.28. The third-order valence-electron chi connectivity index (χ3n) is 4.27. The summed E-state index contributed by atoms with van der Waals surface area (Å²) in [5, 5.41) is 9.17. The SMILES string of the molecule is C[C@H](NC(=O)N(C)[C@@H](C)c1ccc(-n2cncn2)cc1)c1cccs1. The number of urea groups is 1. The molecule has 0 aliphatic rings. The Morgan fingerprint density at radius 1 is 1.24 bits per heavy atom. The third-order valence-corrected chi connectivity index (χ3v) is 5.33. The van der Waals surface area contributed by atoms with Crippen LogP contribution < -0.4 is 5.32 Å². The fourth-order valence-electron chi connectivity index (χ4n) is 2.54. The lowest BCUT2D eigenvalue weighted by molar-refractivity contribution is 0.191. The van der Waals surface area contributed by atoms with Gasteiger partial charge in [-0.2, -0.15) is 5.10 Å². The van der Waals surface area contributed by atoms with Crippen molar-refractivity contribution >= 4 is 17.4 Å². The number of hydrogen-bond acceptors (Lipinski definition) is 4. The average Bonchev–Trinajstić information content (AvgIpc) is 3.33. The van der Waals surface area contributed by atoms with Gasteiger partial charge in [-0.25, -0.2) is 14.5 Å². The zero-order valence-corrected chi connectivity index (χ0v) is 15.3. The van der Waals surface area contributed by atoms with Gasteiger partial charge in [0.1, 0.15) is 12.7 Å². The number of benzene rings is 1. The number of carbonyl (C=O) groups excluding carboxylic acids is 1. The molecular weight excluding hydrogens is 334 g/mol. The molecule has 0 unspecified atom stereocenters. The molecule has 1 aromatic carbocycles. The summed E-state index contributed by atoms with van der Waals surface area (Å²) in [5.41, 5.74) is 2.00. The first-order chi connectivity index (χ1) is 12.1. The fraction of sp³-hybridized carbons (Fsp3) is 0.278. The molecule has 130 valence electrons. The van der Waals surface area contributed by atoms with E-state index in [1.165, 1.54) is 6.33 Å². The number of thiophene rings is 1. The van der Waals surface area contributed by atoms with Crippen LogP contribution in [0.4, 0.5) is 4.79 Å². The summed E-state index contributed by atoms with van der Waals surface area (Å²) >= 11 is 1.64. The van der Waals surface area contributed by atoms with Crippen LogP contribution in [0.2, 0.25) is 0 Å². The van der Waals surface area contributed by atoms with Gasteiger partial charge in [-0.05, 0) is 43.0 Å². The molecular formula is C18H21N5OS. The van der Waals surface area contributed by atoms with Crippen molar-refractivity contribution in [3.05, 3.63) is 64.9 Å². The molecule has 0 spiro atoms. The number of aromatic nitrogens is 3. The summed E-state index contributed by atoms with van der Waals surface area (Å²) < 4.78 is 1.70. The summed E-state index contributed by atoms with van der Waals surface area (Å²) in [7, 11) is 1.81. The van der Waals surface area contributed by atoms with Gasteiger partial charge in [-0.3, -0.25) is 0 Å². The van der Waals surface area contributed by atoms with Crippen molar-refractivity contribution in [2.45, 2.75) is 25.9 Å². The Labute approximate surface area is 151 Å². The van der Waals surface area contributed by atoms with Crippen LogP contribution in [0.5, 0.6) is 0 Å². The maximum absolute atomic E-state index is 12.5. The predicted molar refractivity (Wildman–Crippen MR) is 98.8 cm³/mol. The largest absolute Gasteiger partial charge is 0.331 e. The number of nitrogens with zero attached hydrogens (tertiary/aromatic N) is 4. The Balaban J connectivity index is 1.65. The molecule has 3 aromatic rings. The minimum atomic E-state index is -0.0891. The van der Waals surface area contributed by atoms with Crippen molar-refractivity contribution in [1.29, 1.82) is 0 Å². The summed E-state index contributed by atoms with van der Waals surface area (Å²) in [6, 6.07) is 11.8. The maximum atomic E-state index is 12.5. The van der Waals surface area contributed by atoms with E-state index < -0.39 is 0 Å². The molecule has 2 amide bonds. The Bertz CT molecular complexity index is 799. The highest BCUT2D eigenvalue weighted by atomic mass is 32.1. The molecule has 0 saturated carbocycles. The number of nitrogens with one attached hydrogen (secondary N) is 1. The summed E-state index contributed by atoms with van der Waals surface area (Å²) in [6.45, 7) is 4.01. The third kappa shape index (κ3) is 3.88. The number of carbonyl (C=O) groups is 1. The molecule has 0 saturated heterocycles. The highest BCUT2D eigenvalue weighted by Crippen LogP contribution is 2.22. The van der Waals surface area contributed by atoms with Crippen molar-refractivity contribution in [2.24, 2.45) is 0 Å². The molecule has 0 fully saturated rings. The second kappa shape index (κ2) is 7.48. The Morgan fingerprint density at radius 2 is 2.00 bits per heavy atom. The molecule has 3 rings (SSSR count). The lowest BCUT2D eigenvalue weighted by Gasteiger charge is -2.27. The van der Waals surface area contributed by atoms with Crippen molar-refractivity contribution in [3.8, 4) is 5.69 Å². The highest BCUT2D eigenvalue weighted by molar-refractivity contribution is 7.10. The van der Waals surface area contributed by atoms with Gasteiger partial charge in [0.25, 0.3) is 0 Å². The van der Waals surface area contributed by atoms with Crippen molar-refractivity contribution in [3.63, 3.8) is 0 Å². The van der Waals surface area contributed by atoms with E-state index in [2.05, 4.69) is 15.4 Å². The van der Waals surface area contributed by atoms with Gasteiger partial charge < -0.3 is 10.2 Å². The zero-order valence-electron chi connectivity index (χ0n) is 14.5. The maximum Gasteiger partial charge on any atom is 0.318 e. The van der Waals surface area contributed by atoms with Crippen LogP contribution in [-0.4, -0.2) is 32.7 Å². The molecule has 7 heteroatoms. The molecule has 0 aliphatic heterocycles. The van der Waals surface area contributed by atoms with Crippen molar-refractivity contribution in [1.82, 2.24) is 25.0 Å². The lowest BCUT2D eigenvalue weighted by atomic mass is 10.1. The molecule has 6 nitrogen and oxygen atoms in total. The minimum absolute atomic E-state index is 0.00292. The normalized spacial score (nSPS) is 13.2. The van der Waals surface area contributed by atoms with Gasteiger partial charge in [0, 0.05) is 11.9 Å². The molecule has 25 heavy (non-hydrogen) atoms. The monoisotopic (exact) mass is 355 g/mol. The number of hydrogen-bond donors (Lipinski definition) is 1. The van der Waals surface area contributed by atoms with E-state index in [9.17, 15) is 4.79 Å². The quantitative estimate of drug-likeness (QED) is 0.757. The molecule has 0 radical (unpaired) electrons. The Kier molecular flexibility index (Phi) is 5.14. The van der Waals surface area contributed by atoms with Crippen molar-refractivity contribution < 1.29 is 4.79 Å².